The van der Waals surface area contributed by atoms with E-state index in [-0.39, 0.29) is 23.8 Å². The molecule has 28 heavy (non-hydrogen) atoms. The molecular formula is C21H28N4O3. The average molecular weight is 384 g/mol. The summed E-state index contributed by atoms with van der Waals surface area (Å²) in [6.07, 6.45) is 4.54. The maximum atomic E-state index is 12.7. The molecule has 2 saturated heterocycles. The van der Waals surface area contributed by atoms with Crippen LogP contribution >= 0.6 is 0 Å². The van der Waals surface area contributed by atoms with E-state index in [9.17, 15) is 14.4 Å². The molecule has 3 heterocycles. The number of likely N-dealkylation sites (tertiary alicyclic amines) is 1. The van der Waals surface area contributed by atoms with Crippen molar-refractivity contribution in [3.8, 4) is 0 Å². The lowest BCUT2D eigenvalue weighted by Gasteiger charge is -2.41. The van der Waals surface area contributed by atoms with Crippen molar-refractivity contribution < 1.29 is 14.4 Å². The minimum Gasteiger partial charge on any atom is -0.341 e. The summed E-state index contributed by atoms with van der Waals surface area (Å²) in [4.78, 5) is 40.2. The van der Waals surface area contributed by atoms with Gasteiger partial charge in [0.15, 0.2) is 0 Å². The number of anilines is 1. The first-order valence-corrected chi connectivity index (χ1v) is 10.3. The average Bonchev–Trinajstić information content (AvgIpc) is 3.07. The Hall–Kier alpha value is -2.41. The highest BCUT2D eigenvalue weighted by Gasteiger charge is 2.31. The molecule has 150 valence electrons. The zero-order valence-corrected chi connectivity index (χ0v) is 16.2. The summed E-state index contributed by atoms with van der Waals surface area (Å²) in [5.41, 5.74) is 3.13. The Bertz CT molecular complexity index is 779. The summed E-state index contributed by atoms with van der Waals surface area (Å²) in [6.45, 7) is 3.44. The van der Waals surface area contributed by atoms with Gasteiger partial charge >= 0.3 is 0 Å². The lowest BCUT2D eigenvalue weighted by molar-refractivity contribution is -0.140. The highest BCUT2D eigenvalue weighted by atomic mass is 16.2. The Morgan fingerprint density at radius 3 is 2.96 bits per heavy atom. The number of aryl methyl sites for hydroxylation is 1. The molecule has 3 aliphatic rings. The third kappa shape index (κ3) is 4.19. The van der Waals surface area contributed by atoms with Crippen LogP contribution in [0.25, 0.3) is 0 Å². The molecule has 0 spiro atoms. The van der Waals surface area contributed by atoms with Gasteiger partial charge < -0.3 is 20.4 Å². The van der Waals surface area contributed by atoms with Crippen molar-refractivity contribution in [1.82, 2.24) is 15.1 Å². The van der Waals surface area contributed by atoms with Crippen LogP contribution in [0.4, 0.5) is 5.69 Å². The standard InChI is InChI=1S/C21H28N4O3/c26-19-12-16-11-15(6-7-18(16)23-19)3-1-5-20(27)24-9-2-4-17(14-24)25-10-8-22-13-21(25)28/h6-7,11,17,22H,1-5,8-10,12-14H2,(H,23,26). The molecule has 0 aromatic heterocycles. The molecule has 1 aromatic carbocycles. The number of nitrogens with zero attached hydrogens (tertiary/aromatic N) is 2. The second-order valence-corrected chi connectivity index (χ2v) is 7.97. The van der Waals surface area contributed by atoms with E-state index in [2.05, 4.69) is 16.7 Å². The third-order valence-corrected chi connectivity index (χ3v) is 5.97. The normalized spacial score (nSPS) is 22.2. The first-order valence-electron chi connectivity index (χ1n) is 10.3. The van der Waals surface area contributed by atoms with Gasteiger partial charge in [0, 0.05) is 44.3 Å². The highest BCUT2D eigenvalue weighted by molar-refractivity contribution is 5.99. The second kappa shape index (κ2) is 8.31. The minimum absolute atomic E-state index is 0.0462. The number of carbonyl (C=O) groups excluding carboxylic acids is 3. The van der Waals surface area contributed by atoms with Crippen molar-refractivity contribution in [1.29, 1.82) is 0 Å². The molecule has 0 saturated carbocycles. The smallest absolute Gasteiger partial charge is 0.236 e. The van der Waals surface area contributed by atoms with Crippen LogP contribution in [0.5, 0.6) is 0 Å². The second-order valence-electron chi connectivity index (χ2n) is 7.97. The van der Waals surface area contributed by atoms with E-state index >= 15 is 0 Å². The first kappa shape index (κ1) is 18.9. The van der Waals surface area contributed by atoms with Crippen LogP contribution in [0.1, 0.15) is 36.8 Å². The van der Waals surface area contributed by atoms with Crippen molar-refractivity contribution in [2.75, 3.05) is 38.0 Å². The van der Waals surface area contributed by atoms with Gasteiger partial charge in [0.25, 0.3) is 0 Å². The number of piperidine rings is 1. The van der Waals surface area contributed by atoms with Crippen LogP contribution in [0.2, 0.25) is 0 Å². The fraction of sp³-hybridized carbons (Fsp3) is 0.571. The molecule has 2 fully saturated rings. The minimum atomic E-state index is 0.0462. The maximum absolute atomic E-state index is 12.7. The molecule has 0 radical (unpaired) electrons. The van der Waals surface area contributed by atoms with E-state index in [4.69, 9.17) is 0 Å². The lowest BCUT2D eigenvalue weighted by Crippen LogP contribution is -2.57. The fourth-order valence-corrected chi connectivity index (χ4v) is 4.48. The maximum Gasteiger partial charge on any atom is 0.236 e. The van der Waals surface area contributed by atoms with Crippen LogP contribution < -0.4 is 10.6 Å². The summed E-state index contributed by atoms with van der Waals surface area (Å²) in [6, 6.07) is 6.22. The molecule has 1 unspecified atom stereocenters. The van der Waals surface area contributed by atoms with Crippen LogP contribution in [-0.2, 0) is 27.2 Å². The number of rotatable bonds is 5. The number of carbonyl (C=O) groups is 3. The molecule has 2 N–H and O–H groups in total. The highest BCUT2D eigenvalue weighted by Crippen LogP contribution is 2.25. The number of piperazine rings is 1. The first-order chi connectivity index (χ1) is 13.6. The largest absolute Gasteiger partial charge is 0.341 e. The molecule has 1 aromatic rings. The monoisotopic (exact) mass is 384 g/mol. The fourth-order valence-electron chi connectivity index (χ4n) is 4.48. The molecule has 0 bridgehead atoms. The summed E-state index contributed by atoms with van der Waals surface area (Å²) in [5.74, 6) is 0.380. The molecule has 1 atom stereocenters. The lowest BCUT2D eigenvalue weighted by atomic mass is 10.0. The van der Waals surface area contributed by atoms with Gasteiger partial charge in [0.1, 0.15) is 0 Å². The third-order valence-electron chi connectivity index (χ3n) is 5.97. The topological polar surface area (TPSA) is 81.8 Å². The number of benzene rings is 1. The Balaban J connectivity index is 1.26. The Kier molecular flexibility index (Phi) is 5.62. The van der Waals surface area contributed by atoms with Crippen molar-refractivity contribution in [2.24, 2.45) is 0 Å². The summed E-state index contributed by atoms with van der Waals surface area (Å²) >= 11 is 0. The zero-order valence-electron chi connectivity index (χ0n) is 16.2. The van der Waals surface area contributed by atoms with Crippen LogP contribution in [0, 0.1) is 0 Å². The molecule has 0 aliphatic carbocycles. The molecule has 3 aliphatic heterocycles. The van der Waals surface area contributed by atoms with E-state index in [0.29, 0.717) is 25.9 Å². The van der Waals surface area contributed by atoms with Crippen LogP contribution in [-0.4, -0.2) is 66.3 Å². The molecular weight excluding hydrogens is 356 g/mol. The summed E-state index contributed by atoms with van der Waals surface area (Å²) in [5, 5.41) is 5.95. The SMILES string of the molecule is O=C1Cc2cc(CCCC(=O)N3CCCC(N4CCNCC4=O)C3)ccc2N1. The number of nitrogens with one attached hydrogen (secondary N) is 2. The molecule has 7 heteroatoms. The van der Waals surface area contributed by atoms with Crippen molar-refractivity contribution in [3.63, 3.8) is 0 Å². The Morgan fingerprint density at radius 1 is 1.21 bits per heavy atom. The van der Waals surface area contributed by atoms with Gasteiger partial charge in [-0.1, -0.05) is 12.1 Å². The number of hydrogen-bond acceptors (Lipinski definition) is 4. The Morgan fingerprint density at radius 2 is 2.11 bits per heavy atom. The van der Waals surface area contributed by atoms with Gasteiger partial charge in [-0.05, 0) is 42.9 Å². The van der Waals surface area contributed by atoms with Crippen molar-refractivity contribution in [3.05, 3.63) is 29.3 Å². The van der Waals surface area contributed by atoms with E-state index in [1.807, 2.05) is 21.9 Å². The summed E-state index contributed by atoms with van der Waals surface area (Å²) < 4.78 is 0. The van der Waals surface area contributed by atoms with E-state index in [0.717, 1.165) is 56.6 Å². The van der Waals surface area contributed by atoms with Crippen molar-refractivity contribution in [2.45, 2.75) is 44.6 Å². The van der Waals surface area contributed by atoms with Gasteiger partial charge in [-0.2, -0.15) is 0 Å². The van der Waals surface area contributed by atoms with E-state index in [1.165, 1.54) is 5.56 Å². The van der Waals surface area contributed by atoms with Gasteiger partial charge in [-0.3, -0.25) is 14.4 Å². The molecule has 4 rings (SSSR count). The van der Waals surface area contributed by atoms with E-state index < -0.39 is 0 Å². The predicted molar refractivity (Wildman–Crippen MR) is 106 cm³/mol. The van der Waals surface area contributed by atoms with Crippen LogP contribution in [0.15, 0.2) is 18.2 Å². The number of fused-ring (bicyclic) bond motifs is 1. The quantitative estimate of drug-likeness (QED) is 0.791. The van der Waals surface area contributed by atoms with Gasteiger partial charge in [-0.25, -0.2) is 0 Å². The molecule has 3 amide bonds. The summed E-state index contributed by atoms with van der Waals surface area (Å²) in [7, 11) is 0. The molecule has 7 nitrogen and oxygen atoms in total. The Labute approximate surface area is 165 Å². The predicted octanol–water partition coefficient (Wildman–Crippen LogP) is 0.927. The van der Waals surface area contributed by atoms with Gasteiger partial charge in [-0.15, -0.1) is 0 Å². The van der Waals surface area contributed by atoms with Crippen molar-refractivity contribution >= 4 is 23.4 Å². The van der Waals surface area contributed by atoms with E-state index in [1.54, 1.807) is 0 Å². The number of hydrogen-bond donors (Lipinski definition) is 2. The number of amides is 3. The van der Waals surface area contributed by atoms with Gasteiger partial charge in [0.05, 0.1) is 13.0 Å². The van der Waals surface area contributed by atoms with Crippen LogP contribution in [0.3, 0.4) is 0 Å². The van der Waals surface area contributed by atoms with Gasteiger partial charge in [0.2, 0.25) is 17.7 Å². The zero-order chi connectivity index (χ0) is 19.5.